The summed E-state index contributed by atoms with van der Waals surface area (Å²) in [6, 6.07) is 0. The molecule has 0 aromatic carbocycles. The number of thiophene rings is 1. The van der Waals surface area contributed by atoms with Crippen LogP contribution in [-0.2, 0) is 12.8 Å². The van der Waals surface area contributed by atoms with Gasteiger partial charge in [-0.15, -0.1) is 11.3 Å². The molecule has 0 bridgehead atoms. The van der Waals surface area contributed by atoms with Gasteiger partial charge in [0.1, 0.15) is 4.88 Å². The van der Waals surface area contributed by atoms with Crippen molar-refractivity contribution in [1.82, 2.24) is 4.90 Å². The van der Waals surface area contributed by atoms with Crippen molar-refractivity contribution >= 4 is 23.2 Å². The van der Waals surface area contributed by atoms with Gasteiger partial charge in [0, 0.05) is 18.0 Å². The number of hydrogen-bond donors (Lipinski definition) is 1. The van der Waals surface area contributed by atoms with Crippen molar-refractivity contribution in [3.63, 3.8) is 0 Å². The Kier molecular flexibility index (Phi) is 4.02. The van der Waals surface area contributed by atoms with E-state index in [2.05, 4.69) is 6.92 Å². The lowest BCUT2D eigenvalue weighted by Gasteiger charge is -2.30. The van der Waals surface area contributed by atoms with Crippen molar-refractivity contribution in [3.05, 3.63) is 20.9 Å². The van der Waals surface area contributed by atoms with Crippen LogP contribution in [0.5, 0.6) is 0 Å². The molecule has 5 heteroatoms. The molecule has 0 spiro atoms. The van der Waals surface area contributed by atoms with Crippen LogP contribution >= 0.6 is 11.3 Å². The Labute approximate surface area is 129 Å². The maximum Gasteiger partial charge on any atom is 0.259 e. The highest BCUT2D eigenvalue weighted by Crippen LogP contribution is 2.35. The van der Waals surface area contributed by atoms with E-state index in [1.165, 1.54) is 16.2 Å². The summed E-state index contributed by atoms with van der Waals surface area (Å²) in [6.07, 6.45) is 6.21. The van der Waals surface area contributed by atoms with E-state index in [1.807, 2.05) is 4.90 Å². The number of rotatable bonds is 2. The molecule has 4 nitrogen and oxygen atoms in total. The van der Waals surface area contributed by atoms with Crippen molar-refractivity contribution in [1.29, 1.82) is 0 Å². The van der Waals surface area contributed by atoms with E-state index >= 15 is 0 Å². The average Bonchev–Trinajstić information content (AvgIpc) is 2.87. The molecule has 1 fully saturated rings. The molecule has 2 amide bonds. The third-order valence-corrected chi connectivity index (χ3v) is 5.99. The lowest BCUT2D eigenvalue weighted by molar-refractivity contribution is 0.0692. The zero-order chi connectivity index (χ0) is 15.0. The van der Waals surface area contributed by atoms with Crippen LogP contribution in [0.2, 0.25) is 0 Å². The molecule has 0 radical (unpaired) electrons. The highest BCUT2D eigenvalue weighted by atomic mass is 32.1. The molecule has 2 aliphatic rings. The van der Waals surface area contributed by atoms with Gasteiger partial charge in [0.05, 0.1) is 5.56 Å². The number of nitrogens with two attached hydrogens (primary N) is 1. The van der Waals surface area contributed by atoms with Crippen molar-refractivity contribution in [2.75, 3.05) is 13.1 Å². The van der Waals surface area contributed by atoms with Gasteiger partial charge < -0.3 is 10.6 Å². The first-order valence-corrected chi connectivity index (χ1v) is 8.63. The van der Waals surface area contributed by atoms with Gasteiger partial charge in [0.2, 0.25) is 0 Å². The minimum Gasteiger partial charge on any atom is -0.365 e. The van der Waals surface area contributed by atoms with Gasteiger partial charge in [-0.2, -0.15) is 0 Å². The van der Waals surface area contributed by atoms with Crippen LogP contribution in [0, 0.1) is 5.92 Å². The highest BCUT2D eigenvalue weighted by Gasteiger charge is 2.31. The first kappa shape index (κ1) is 14.6. The Hall–Kier alpha value is -1.36. The minimum atomic E-state index is -0.455. The third kappa shape index (κ3) is 2.71. The zero-order valence-electron chi connectivity index (χ0n) is 12.5. The van der Waals surface area contributed by atoms with Crippen molar-refractivity contribution < 1.29 is 9.59 Å². The Bertz CT molecular complexity index is 571. The van der Waals surface area contributed by atoms with Crippen molar-refractivity contribution in [2.24, 2.45) is 11.7 Å². The number of nitrogens with zero attached hydrogens (tertiary/aromatic N) is 1. The SMILES string of the molecule is CC1CCN(C(=O)c2c(C(N)=O)sc3c2CCCC3)CC1. The predicted molar refractivity (Wildman–Crippen MR) is 83.8 cm³/mol. The number of likely N-dealkylation sites (tertiary alicyclic amines) is 1. The van der Waals surface area contributed by atoms with Gasteiger partial charge in [-0.1, -0.05) is 6.92 Å². The monoisotopic (exact) mass is 306 g/mol. The van der Waals surface area contributed by atoms with Crippen LogP contribution in [0.4, 0.5) is 0 Å². The van der Waals surface area contributed by atoms with Crippen molar-refractivity contribution in [3.8, 4) is 0 Å². The van der Waals surface area contributed by atoms with Crippen LogP contribution in [-0.4, -0.2) is 29.8 Å². The Balaban J connectivity index is 1.94. The van der Waals surface area contributed by atoms with Gasteiger partial charge in [-0.25, -0.2) is 0 Å². The Morgan fingerprint density at radius 1 is 1.19 bits per heavy atom. The number of fused-ring (bicyclic) bond motifs is 1. The molecule has 21 heavy (non-hydrogen) atoms. The molecular weight excluding hydrogens is 284 g/mol. The molecule has 1 saturated heterocycles. The van der Waals surface area contributed by atoms with E-state index in [0.717, 1.165) is 57.2 Å². The number of primary amides is 1. The van der Waals surface area contributed by atoms with Crippen LogP contribution in [0.1, 0.15) is 63.1 Å². The fraction of sp³-hybridized carbons (Fsp3) is 0.625. The van der Waals surface area contributed by atoms with Gasteiger partial charge in [0.15, 0.2) is 0 Å². The van der Waals surface area contributed by atoms with Crippen LogP contribution in [0.3, 0.4) is 0 Å². The van der Waals surface area contributed by atoms with Gasteiger partial charge in [-0.05, 0) is 50.0 Å². The van der Waals surface area contributed by atoms with E-state index < -0.39 is 5.91 Å². The fourth-order valence-corrected chi connectivity index (χ4v) is 4.57. The highest BCUT2D eigenvalue weighted by molar-refractivity contribution is 7.14. The molecular formula is C16H22N2O2S. The van der Waals surface area contributed by atoms with E-state index in [9.17, 15) is 9.59 Å². The molecule has 0 atom stereocenters. The summed E-state index contributed by atoms with van der Waals surface area (Å²) in [6.45, 7) is 3.81. The Morgan fingerprint density at radius 3 is 2.52 bits per heavy atom. The molecule has 114 valence electrons. The fourth-order valence-electron chi connectivity index (χ4n) is 3.34. The van der Waals surface area contributed by atoms with E-state index in [1.54, 1.807) is 0 Å². The first-order chi connectivity index (χ1) is 10.1. The standard InChI is InChI=1S/C16H22N2O2S/c1-10-6-8-18(9-7-10)16(20)13-11-4-2-3-5-12(11)21-14(13)15(17)19/h10H,2-9H2,1H3,(H2,17,19). The van der Waals surface area contributed by atoms with E-state index in [4.69, 9.17) is 5.73 Å². The molecule has 2 N–H and O–H groups in total. The van der Waals surface area contributed by atoms with E-state index in [-0.39, 0.29) is 5.91 Å². The number of piperidine rings is 1. The first-order valence-electron chi connectivity index (χ1n) is 7.81. The Morgan fingerprint density at radius 2 is 1.86 bits per heavy atom. The predicted octanol–water partition coefficient (Wildman–Crippen LogP) is 2.60. The maximum atomic E-state index is 12.9. The summed E-state index contributed by atoms with van der Waals surface area (Å²) >= 11 is 1.44. The van der Waals surface area contributed by atoms with Gasteiger partial charge >= 0.3 is 0 Å². The lowest BCUT2D eigenvalue weighted by Crippen LogP contribution is -2.39. The van der Waals surface area contributed by atoms with Crippen molar-refractivity contribution in [2.45, 2.75) is 45.4 Å². The third-order valence-electron chi connectivity index (χ3n) is 4.68. The number of carbonyl (C=O) groups is 2. The summed E-state index contributed by atoms with van der Waals surface area (Å²) in [5.41, 5.74) is 7.24. The average molecular weight is 306 g/mol. The van der Waals surface area contributed by atoms with Crippen LogP contribution < -0.4 is 5.73 Å². The summed E-state index contributed by atoms with van der Waals surface area (Å²) in [5, 5.41) is 0. The number of hydrogen-bond acceptors (Lipinski definition) is 3. The van der Waals surface area contributed by atoms with E-state index in [0.29, 0.717) is 16.4 Å². The topological polar surface area (TPSA) is 63.4 Å². The quantitative estimate of drug-likeness (QED) is 0.913. The summed E-state index contributed by atoms with van der Waals surface area (Å²) in [7, 11) is 0. The molecule has 1 aromatic heterocycles. The lowest BCUT2D eigenvalue weighted by atomic mass is 9.93. The van der Waals surface area contributed by atoms with Gasteiger partial charge in [-0.3, -0.25) is 9.59 Å². The molecule has 2 heterocycles. The van der Waals surface area contributed by atoms with Crippen LogP contribution in [0.25, 0.3) is 0 Å². The minimum absolute atomic E-state index is 0.0232. The largest absolute Gasteiger partial charge is 0.365 e. The second-order valence-electron chi connectivity index (χ2n) is 6.25. The van der Waals surface area contributed by atoms with Gasteiger partial charge in [0.25, 0.3) is 11.8 Å². The van der Waals surface area contributed by atoms with Crippen LogP contribution in [0.15, 0.2) is 0 Å². The smallest absolute Gasteiger partial charge is 0.259 e. The zero-order valence-corrected chi connectivity index (χ0v) is 13.3. The molecule has 1 aromatic rings. The number of aryl methyl sites for hydroxylation is 1. The molecule has 1 aliphatic heterocycles. The molecule has 3 rings (SSSR count). The molecule has 0 saturated carbocycles. The normalized spacial score (nSPS) is 19.4. The summed E-state index contributed by atoms with van der Waals surface area (Å²) in [5.74, 6) is 0.249. The second kappa shape index (κ2) is 5.79. The summed E-state index contributed by atoms with van der Waals surface area (Å²) in [4.78, 5) is 28.2. The number of carbonyl (C=O) groups excluding carboxylic acids is 2. The maximum absolute atomic E-state index is 12.9. The molecule has 0 unspecified atom stereocenters. The summed E-state index contributed by atoms with van der Waals surface area (Å²) < 4.78 is 0. The molecule has 1 aliphatic carbocycles. The number of amides is 2. The second-order valence-corrected chi connectivity index (χ2v) is 7.36.